The summed E-state index contributed by atoms with van der Waals surface area (Å²) < 4.78 is 0. The van der Waals surface area contributed by atoms with Crippen LogP contribution in [0.2, 0.25) is 0 Å². The van der Waals surface area contributed by atoms with E-state index in [-0.39, 0.29) is 11.4 Å². The lowest BCUT2D eigenvalue weighted by Gasteiger charge is -2.21. The first-order valence-electron chi connectivity index (χ1n) is 6.94. The van der Waals surface area contributed by atoms with Gasteiger partial charge in [-0.15, -0.1) is 0 Å². The lowest BCUT2D eigenvalue weighted by Crippen LogP contribution is -2.24. The molecule has 0 amide bonds. The van der Waals surface area contributed by atoms with Gasteiger partial charge >= 0.3 is 0 Å². The van der Waals surface area contributed by atoms with Crippen molar-refractivity contribution >= 4 is 23.2 Å². The molecule has 0 aliphatic carbocycles. The van der Waals surface area contributed by atoms with Crippen LogP contribution < -0.4 is 10.6 Å². The van der Waals surface area contributed by atoms with Crippen LogP contribution in [0.25, 0.3) is 0 Å². The van der Waals surface area contributed by atoms with Crippen molar-refractivity contribution in [2.24, 2.45) is 5.73 Å². The van der Waals surface area contributed by atoms with E-state index in [0.29, 0.717) is 16.4 Å². The highest BCUT2D eigenvalue weighted by Crippen LogP contribution is 2.39. The van der Waals surface area contributed by atoms with E-state index in [1.807, 2.05) is 42.5 Å². The predicted octanol–water partition coefficient (Wildman–Crippen LogP) is 3.62. The van der Waals surface area contributed by atoms with E-state index in [0.717, 1.165) is 5.69 Å². The summed E-state index contributed by atoms with van der Waals surface area (Å²) in [5.41, 5.74) is 7.43. The summed E-state index contributed by atoms with van der Waals surface area (Å²) in [5, 5.41) is 11.8. The fourth-order valence-corrected chi connectivity index (χ4v) is 3.19. The van der Waals surface area contributed by atoms with Crippen molar-refractivity contribution < 1.29 is 4.79 Å². The Morgan fingerprint density at radius 2 is 1.65 bits per heavy atom. The molecule has 0 bridgehead atoms. The maximum atomic E-state index is 12.7. The summed E-state index contributed by atoms with van der Waals surface area (Å²) in [4.78, 5) is 14.4. The Hall–Kier alpha value is -2.97. The van der Waals surface area contributed by atoms with E-state index in [4.69, 9.17) is 5.73 Å². The van der Waals surface area contributed by atoms with Crippen LogP contribution in [-0.2, 0) is 0 Å². The first-order valence-corrected chi connectivity index (χ1v) is 7.82. The van der Waals surface area contributed by atoms with Gasteiger partial charge in [-0.05, 0) is 12.1 Å². The number of ketones is 1. The third-order valence-electron chi connectivity index (χ3n) is 3.36. The lowest BCUT2D eigenvalue weighted by molar-refractivity contribution is 0.103. The van der Waals surface area contributed by atoms with Gasteiger partial charge in [-0.3, -0.25) is 9.69 Å². The molecule has 0 atom stereocenters. The lowest BCUT2D eigenvalue weighted by atomic mass is 10.1. The van der Waals surface area contributed by atoms with Crippen molar-refractivity contribution in [2.75, 3.05) is 4.90 Å². The average molecular weight is 319 g/mol. The Morgan fingerprint density at radius 1 is 1.04 bits per heavy atom. The van der Waals surface area contributed by atoms with E-state index >= 15 is 0 Å². The Bertz CT molecular complexity index is 836. The number of allylic oxidation sites excluding steroid dienone is 1. The maximum absolute atomic E-state index is 12.7. The van der Waals surface area contributed by atoms with Crippen LogP contribution in [0, 0.1) is 11.3 Å². The number of anilines is 1. The molecule has 0 aromatic heterocycles. The third kappa shape index (κ3) is 2.85. The number of thioether (sulfide) groups is 1. The van der Waals surface area contributed by atoms with Gasteiger partial charge in [0, 0.05) is 16.7 Å². The third-order valence-corrected chi connectivity index (χ3v) is 4.32. The number of hydrogen-bond donors (Lipinski definition) is 1. The Kier molecular flexibility index (Phi) is 4.18. The monoisotopic (exact) mass is 319 g/mol. The van der Waals surface area contributed by atoms with Crippen molar-refractivity contribution in [2.45, 2.75) is 0 Å². The number of Topliss-reactive ketones (excluding diaryl/α,β-unsaturated/α-hetero) is 1. The average Bonchev–Trinajstić information content (AvgIpc) is 2.98. The van der Waals surface area contributed by atoms with Crippen molar-refractivity contribution in [1.82, 2.24) is 0 Å². The fraction of sp³-hybridized carbons (Fsp3) is 0. The second kappa shape index (κ2) is 6.42. The van der Waals surface area contributed by atoms with Gasteiger partial charge in [-0.2, -0.15) is 5.26 Å². The molecular weight excluding hydrogens is 306 g/mol. The van der Waals surface area contributed by atoms with Crippen LogP contribution in [0.5, 0.6) is 0 Å². The number of nitriles is 1. The van der Waals surface area contributed by atoms with Gasteiger partial charge in [-0.25, -0.2) is 0 Å². The van der Waals surface area contributed by atoms with Gasteiger partial charge in [0.05, 0.1) is 0 Å². The Labute approximate surface area is 138 Å². The molecule has 1 aliphatic heterocycles. The molecule has 0 fully saturated rings. The van der Waals surface area contributed by atoms with Gasteiger partial charge in [0.1, 0.15) is 22.5 Å². The minimum atomic E-state index is -0.306. The molecule has 2 aromatic carbocycles. The van der Waals surface area contributed by atoms with Crippen molar-refractivity contribution in [1.29, 1.82) is 5.26 Å². The summed E-state index contributed by atoms with van der Waals surface area (Å²) in [7, 11) is 0. The number of carbonyl (C=O) groups excluding carboxylic acids is 1. The number of benzene rings is 2. The quantitative estimate of drug-likeness (QED) is 0.531. The van der Waals surface area contributed by atoms with Crippen LogP contribution in [0.3, 0.4) is 0 Å². The predicted molar refractivity (Wildman–Crippen MR) is 92.2 cm³/mol. The van der Waals surface area contributed by atoms with Gasteiger partial charge < -0.3 is 5.73 Å². The second-order valence-corrected chi connectivity index (χ2v) is 5.68. The molecule has 3 rings (SSSR count). The largest absolute Gasteiger partial charge is 0.384 e. The zero-order valence-corrected chi connectivity index (χ0v) is 13.0. The Balaban J connectivity index is 2.08. The fourth-order valence-electron chi connectivity index (χ4n) is 2.28. The normalized spacial score (nSPS) is 15.8. The number of nitrogens with zero attached hydrogens (tertiary/aromatic N) is 2. The zero-order chi connectivity index (χ0) is 16.2. The molecular formula is C18H13N3OS. The summed E-state index contributed by atoms with van der Waals surface area (Å²) in [6.07, 6.45) is 0. The standard InChI is InChI=1S/C18H13N3OS/c19-11-15(17(22)13-7-3-1-4-8-13)18-21(16(20)12-23-18)14-9-5-2-6-10-14/h1-10,12H,20H2/b18-15-. The number of nitrogens with two attached hydrogens (primary N) is 1. The first kappa shape index (κ1) is 14.9. The molecule has 0 radical (unpaired) electrons. The molecule has 2 N–H and O–H groups in total. The molecule has 0 saturated heterocycles. The molecule has 112 valence electrons. The topological polar surface area (TPSA) is 70.1 Å². The van der Waals surface area contributed by atoms with E-state index in [2.05, 4.69) is 0 Å². The number of hydrogen-bond acceptors (Lipinski definition) is 5. The molecule has 0 saturated carbocycles. The smallest absolute Gasteiger partial charge is 0.206 e. The number of rotatable bonds is 3. The van der Waals surface area contributed by atoms with Gasteiger partial charge in [0.2, 0.25) is 5.78 Å². The van der Waals surface area contributed by atoms with Crippen LogP contribution in [0.15, 0.2) is 82.5 Å². The first-order chi connectivity index (χ1) is 11.2. The summed E-state index contributed by atoms with van der Waals surface area (Å²) in [6.45, 7) is 0. The number of carbonyl (C=O) groups is 1. The molecule has 2 aromatic rings. The summed E-state index contributed by atoms with van der Waals surface area (Å²) in [6, 6.07) is 20.2. The van der Waals surface area contributed by atoms with Gasteiger partial charge in [-0.1, -0.05) is 60.3 Å². The van der Waals surface area contributed by atoms with Crippen LogP contribution in [0.1, 0.15) is 10.4 Å². The molecule has 0 unspecified atom stereocenters. The minimum Gasteiger partial charge on any atom is -0.384 e. The van der Waals surface area contributed by atoms with Crippen molar-refractivity contribution in [3.63, 3.8) is 0 Å². The van der Waals surface area contributed by atoms with Crippen LogP contribution >= 0.6 is 11.8 Å². The molecule has 0 spiro atoms. The minimum absolute atomic E-state index is 0.0850. The van der Waals surface area contributed by atoms with Crippen LogP contribution in [-0.4, -0.2) is 5.78 Å². The molecule has 4 nitrogen and oxygen atoms in total. The van der Waals surface area contributed by atoms with E-state index in [9.17, 15) is 10.1 Å². The van der Waals surface area contributed by atoms with Crippen molar-refractivity contribution in [3.05, 3.63) is 88.1 Å². The highest BCUT2D eigenvalue weighted by molar-refractivity contribution is 8.06. The van der Waals surface area contributed by atoms with E-state index < -0.39 is 0 Å². The highest BCUT2D eigenvalue weighted by atomic mass is 32.2. The second-order valence-electron chi connectivity index (χ2n) is 4.82. The SMILES string of the molecule is N#C/C(C(=O)c1ccccc1)=C1/SC=C(N)N1c1ccccc1. The maximum Gasteiger partial charge on any atom is 0.206 e. The molecule has 1 heterocycles. The highest BCUT2D eigenvalue weighted by Gasteiger charge is 2.28. The van der Waals surface area contributed by atoms with Crippen LogP contribution in [0.4, 0.5) is 5.69 Å². The molecule has 23 heavy (non-hydrogen) atoms. The van der Waals surface area contributed by atoms with Crippen molar-refractivity contribution in [3.8, 4) is 6.07 Å². The molecule has 5 heteroatoms. The van der Waals surface area contributed by atoms with Gasteiger partial charge in [0.25, 0.3) is 0 Å². The van der Waals surface area contributed by atoms with E-state index in [1.54, 1.807) is 34.6 Å². The van der Waals surface area contributed by atoms with E-state index in [1.165, 1.54) is 11.8 Å². The Morgan fingerprint density at radius 3 is 2.26 bits per heavy atom. The summed E-state index contributed by atoms with van der Waals surface area (Å²) >= 11 is 1.28. The number of para-hydroxylation sites is 1. The zero-order valence-electron chi connectivity index (χ0n) is 12.1. The molecule has 1 aliphatic rings. The van der Waals surface area contributed by atoms with Gasteiger partial charge in [0.15, 0.2) is 0 Å². The summed E-state index contributed by atoms with van der Waals surface area (Å²) in [5.74, 6) is 0.185.